The Labute approximate surface area is 171 Å². The number of anilines is 2. The SMILES string of the molecule is CCCCCCCOc1cnc(/C(=C/CCl)CF)nc1Nc1ccncc1C. The number of nitrogens with one attached hydrogen (secondary N) is 1. The summed E-state index contributed by atoms with van der Waals surface area (Å²) in [6.45, 7) is 4.05. The lowest BCUT2D eigenvalue weighted by molar-refractivity contribution is 0.304. The average Bonchev–Trinajstić information content (AvgIpc) is 2.71. The summed E-state index contributed by atoms with van der Waals surface area (Å²) in [6.07, 6.45) is 12.4. The van der Waals surface area contributed by atoms with Gasteiger partial charge in [0, 0.05) is 29.5 Å². The Hall–Kier alpha value is -2.21. The van der Waals surface area contributed by atoms with Crippen molar-refractivity contribution >= 4 is 28.7 Å². The van der Waals surface area contributed by atoms with E-state index in [2.05, 4.69) is 27.2 Å². The van der Waals surface area contributed by atoms with Gasteiger partial charge in [-0.1, -0.05) is 38.7 Å². The fourth-order valence-electron chi connectivity index (χ4n) is 2.65. The number of alkyl halides is 2. The van der Waals surface area contributed by atoms with E-state index < -0.39 is 6.67 Å². The number of ether oxygens (including phenoxy) is 1. The van der Waals surface area contributed by atoms with Crippen molar-refractivity contribution in [2.24, 2.45) is 0 Å². The smallest absolute Gasteiger partial charge is 0.180 e. The maximum atomic E-state index is 13.3. The minimum atomic E-state index is -0.682. The number of rotatable bonds is 12. The van der Waals surface area contributed by atoms with Crippen LogP contribution in [0.15, 0.2) is 30.7 Å². The van der Waals surface area contributed by atoms with Gasteiger partial charge in [-0.2, -0.15) is 0 Å². The standard InChI is InChI=1S/C21H28ClFN4O/c1-3-4-5-6-7-12-28-19-15-25-20(17(13-23)8-10-22)27-21(19)26-18-9-11-24-14-16(18)2/h8-9,11,14-15H,3-7,10,12-13H2,1-2H3,(H,24,25,26,27)/b17-8+. The third kappa shape index (κ3) is 6.75. The molecule has 7 heteroatoms. The summed E-state index contributed by atoms with van der Waals surface area (Å²) in [5.74, 6) is 1.54. The second kappa shape index (κ2) is 12.3. The highest BCUT2D eigenvalue weighted by Crippen LogP contribution is 2.28. The Balaban J connectivity index is 2.20. The van der Waals surface area contributed by atoms with E-state index in [0.29, 0.717) is 29.6 Å². The Kier molecular flexibility index (Phi) is 9.69. The van der Waals surface area contributed by atoms with Gasteiger partial charge in [0.1, 0.15) is 6.67 Å². The molecule has 1 N–H and O–H groups in total. The highest BCUT2D eigenvalue weighted by molar-refractivity contribution is 6.19. The lowest BCUT2D eigenvalue weighted by atomic mass is 10.2. The van der Waals surface area contributed by atoms with Crippen molar-refractivity contribution in [3.8, 4) is 5.75 Å². The summed E-state index contributed by atoms with van der Waals surface area (Å²) >= 11 is 5.72. The third-order valence-electron chi connectivity index (χ3n) is 4.29. The van der Waals surface area contributed by atoms with Crippen LogP contribution in [0.5, 0.6) is 5.75 Å². The minimum absolute atomic E-state index is 0.199. The second-order valence-corrected chi connectivity index (χ2v) is 6.81. The van der Waals surface area contributed by atoms with Crippen LogP contribution >= 0.6 is 11.6 Å². The van der Waals surface area contributed by atoms with E-state index in [0.717, 1.165) is 24.1 Å². The number of halogens is 2. The largest absolute Gasteiger partial charge is 0.488 e. The van der Waals surface area contributed by atoms with Crippen LogP contribution in [0, 0.1) is 6.92 Å². The van der Waals surface area contributed by atoms with Crippen molar-refractivity contribution in [1.29, 1.82) is 0 Å². The molecule has 0 amide bonds. The van der Waals surface area contributed by atoms with Gasteiger partial charge in [0.15, 0.2) is 17.4 Å². The molecule has 2 aromatic heterocycles. The van der Waals surface area contributed by atoms with Gasteiger partial charge in [-0.25, -0.2) is 14.4 Å². The number of hydrogen-bond acceptors (Lipinski definition) is 5. The maximum Gasteiger partial charge on any atom is 0.180 e. The molecule has 2 rings (SSSR count). The highest BCUT2D eigenvalue weighted by Gasteiger charge is 2.13. The molecule has 0 aromatic carbocycles. The van der Waals surface area contributed by atoms with E-state index in [4.69, 9.17) is 16.3 Å². The van der Waals surface area contributed by atoms with Crippen LogP contribution in [0.3, 0.4) is 0 Å². The van der Waals surface area contributed by atoms with E-state index in [-0.39, 0.29) is 5.88 Å². The molecule has 0 bridgehead atoms. The molecule has 2 aromatic rings. The van der Waals surface area contributed by atoms with Crippen molar-refractivity contribution in [2.45, 2.75) is 46.0 Å². The molecule has 0 saturated heterocycles. The van der Waals surface area contributed by atoms with E-state index in [1.807, 2.05) is 13.0 Å². The molecule has 0 aliphatic heterocycles. The zero-order valence-corrected chi connectivity index (χ0v) is 17.3. The average molecular weight is 407 g/mol. The molecule has 152 valence electrons. The summed E-state index contributed by atoms with van der Waals surface area (Å²) < 4.78 is 19.3. The zero-order valence-electron chi connectivity index (χ0n) is 16.5. The normalized spacial score (nSPS) is 11.5. The molecule has 28 heavy (non-hydrogen) atoms. The van der Waals surface area contributed by atoms with Crippen LogP contribution in [0.1, 0.15) is 50.4 Å². The van der Waals surface area contributed by atoms with Gasteiger partial charge < -0.3 is 10.1 Å². The summed E-state index contributed by atoms with van der Waals surface area (Å²) in [4.78, 5) is 12.9. The molecular weight excluding hydrogens is 379 g/mol. The predicted molar refractivity (Wildman–Crippen MR) is 113 cm³/mol. The number of pyridine rings is 1. The third-order valence-corrected chi connectivity index (χ3v) is 4.44. The quantitative estimate of drug-likeness (QED) is 0.353. The molecule has 0 radical (unpaired) electrons. The fraction of sp³-hybridized carbons (Fsp3) is 0.476. The van der Waals surface area contributed by atoms with Crippen LogP contribution in [0.2, 0.25) is 0 Å². The fourth-order valence-corrected chi connectivity index (χ4v) is 2.83. The summed E-state index contributed by atoms with van der Waals surface area (Å²) in [7, 11) is 0. The van der Waals surface area contributed by atoms with E-state index in [9.17, 15) is 4.39 Å². The van der Waals surface area contributed by atoms with Crippen molar-refractivity contribution in [2.75, 3.05) is 24.5 Å². The number of aryl methyl sites for hydroxylation is 1. The molecular formula is C21H28ClFN4O. The van der Waals surface area contributed by atoms with E-state index >= 15 is 0 Å². The summed E-state index contributed by atoms with van der Waals surface area (Å²) in [6, 6.07) is 1.86. The molecule has 0 unspecified atom stereocenters. The number of allylic oxidation sites excluding steroid dienone is 2. The van der Waals surface area contributed by atoms with Gasteiger partial charge in [-0.05, 0) is 25.0 Å². The van der Waals surface area contributed by atoms with Crippen LogP contribution in [-0.2, 0) is 0 Å². The predicted octanol–water partition coefficient (Wildman–Crippen LogP) is 5.86. The lowest BCUT2D eigenvalue weighted by Gasteiger charge is -2.15. The molecule has 0 fully saturated rings. The summed E-state index contributed by atoms with van der Waals surface area (Å²) in [5, 5.41) is 3.26. The first-order chi connectivity index (χ1) is 13.7. The zero-order chi connectivity index (χ0) is 20.2. The van der Waals surface area contributed by atoms with Gasteiger partial charge in [-0.15, -0.1) is 11.6 Å². The lowest BCUT2D eigenvalue weighted by Crippen LogP contribution is -2.07. The van der Waals surface area contributed by atoms with Gasteiger partial charge >= 0.3 is 0 Å². The first-order valence-corrected chi connectivity index (χ1v) is 10.2. The van der Waals surface area contributed by atoms with Crippen molar-refractivity contribution in [3.05, 3.63) is 42.1 Å². The summed E-state index contributed by atoms with van der Waals surface area (Å²) in [5.41, 5.74) is 2.18. The van der Waals surface area contributed by atoms with Gasteiger partial charge in [0.05, 0.1) is 12.8 Å². The van der Waals surface area contributed by atoms with Gasteiger partial charge in [-0.3, -0.25) is 4.98 Å². The number of unbranched alkanes of at least 4 members (excludes halogenated alkanes) is 4. The van der Waals surface area contributed by atoms with Gasteiger partial charge in [0.2, 0.25) is 0 Å². The molecule has 0 saturated carbocycles. The Morgan fingerprint density at radius 2 is 2.07 bits per heavy atom. The number of aromatic nitrogens is 3. The van der Waals surface area contributed by atoms with Crippen molar-refractivity contribution in [3.63, 3.8) is 0 Å². The molecule has 0 atom stereocenters. The Morgan fingerprint density at radius 1 is 1.25 bits per heavy atom. The molecule has 5 nitrogen and oxygen atoms in total. The Bertz CT molecular complexity index is 770. The Morgan fingerprint density at radius 3 is 2.79 bits per heavy atom. The molecule has 0 aliphatic rings. The molecule has 0 spiro atoms. The molecule has 2 heterocycles. The van der Waals surface area contributed by atoms with Crippen LogP contribution in [0.25, 0.3) is 5.57 Å². The van der Waals surface area contributed by atoms with Crippen LogP contribution in [-0.4, -0.2) is 34.1 Å². The van der Waals surface area contributed by atoms with Crippen molar-refractivity contribution < 1.29 is 9.13 Å². The number of nitrogens with zero attached hydrogens (tertiary/aromatic N) is 3. The van der Waals surface area contributed by atoms with E-state index in [1.165, 1.54) is 19.3 Å². The number of hydrogen-bond donors (Lipinski definition) is 1. The monoisotopic (exact) mass is 406 g/mol. The highest BCUT2D eigenvalue weighted by atomic mass is 35.5. The van der Waals surface area contributed by atoms with Crippen molar-refractivity contribution in [1.82, 2.24) is 15.0 Å². The second-order valence-electron chi connectivity index (χ2n) is 6.50. The first-order valence-electron chi connectivity index (χ1n) is 9.68. The topological polar surface area (TPSA) is 59.9 Å². The maximum absolute atomic E-state index is 13.3. The molecule has 0 aliphatic carbocycles. The minimum Gasteiger partial charge on any atom is -0.488 e. The van der Waals surface area contributed by atoms with E-state index in [1.54, 1.807) is 24.7 Å². The van der Waals surface area contributed by atoms with Crippen LogP contribution < -0.4 is 10.1 Å². The first kappa shape index (κ1) is 22.1. The van der Waals surface area contributed by atoms with Crippen LogP contribution in [0.4, 0.5) is 15.9 Å². The van der Waals surface area contributed by atoms with Gasteiger partial charge in [0.25, 0.3) is 0 Å².